The number of hydrogen-bond donors (Lipinski definition) is 1. The van der Waals surface area contributed by atoms with Gasteiger partial charge in [-0.3, -0.25) is 9.69 Å². The number of carbonyl (C=O) groups is 2. The number of nitrogens with one attached hydrogen (secondary N) is 1. The van der Waals surface area contributed by atoms with E-state index in [0.717, 1.165) is 0 Å². The molecule has 3 amide bonds. The Labute approximate surface area is 94.2 Å². The van der Waals surface area contributed by atoms with Gasteiger partial charge >= 0.3 is 6.03 Å². The maximum Gasteiger partial charge on any atom is 0.328 e. The molecule has 2 rings (SSSR count). The Morgan fingerprint density at radius 3 is 2.44 bits per heavy atom. The number of carbonyl (C=O) groups excluding carboxylic acids is 2. The molecule has 1 heterocycles. The normalized spacial score (nSPS) is 23.9. The number of hydrogen-bond acceptors (Lipinski definition) is 2. The van der Waals surface area contributed by atoms with Crippen molar-refractivity contribution < 1.29 is 9.59 Å². The topological polar surface area (TPSA) is 49.4 Å². The van der Waals surface area contributed by atoms with Crippen molar-refractivity contribution in [2.45, 2.75) is 19.9 Å². The summed E-state index contributed by atoms with van der Waals surface area (Å²) in [5.41, 5.74) is 0.701. The molecule has 1 aliphatic rings. The van der Waals surface area contributed by atoms with E-state index in [-0.39, 0.29) is 23.9 Å². The van der Waals surface area contributed by atoms with Crippen LogP contribution in [0, 0.1) is 5.92 Å². The third-order valence-corrected chi connectivity index (χ3v) is 3.00. The van der Waals surface area contributed by atoms with Crippen LogP contribution in [0.25, 0.3) is 0 Å². The molecule has 4 nitrogen and oxygen atoms in total. The van der Waals surface area contributed by atoms with Crippen molar-refractivity contribution in [2.24, 2.45) is 5.92 Å². The fourth-order valence-electron chi connectivity index (χ4n) is 1.76. The van der Waals surface area contributed by atoms with Gasteiger partial charge in [-0.05, 0) is 19.1 Å². The summed E-state index contributed by atoms with van der Waals surface area (Å²) in [6.07, 6.45) is 0. The number of likely N-dealkylation sites (tertiary alicyclic amines) is 1. The number of β-lactam (4-membered cyclic amide) rings is 1. The van der Waals surface area contributed by atoms with Crippen LogP contribution in [-0.4, -0.2) is 22.9 Å². The number of nitrogens with zero attached hydrogens (tertiary/aromatic N) is 1. The minimum Gasteiger partial charge on any atom is -0.307 e. The zero-order valence-corrected chi connectivity index (χ0v) is 9.31. The van der Waals surface area contributed by atoms with E-state index in [0.29, 0.717) is 5.69 Å². The lowest BCUT2D eigenvalue weighted by atomic mass is 9.91. The van der Waals surface area contributed by atoms with E-state index < -0.39 is 0 Å². The van der Waals surface area contributed by atoms with E-state index in [1.807, 2.05) is 32.0 Å². The molecule has 1 aromatic rings. The first-order chi connectivity index (χ1) is 7.61. The Bertz CT molecular complexity index is 416. The minimum absolute atomic E-state index is 0.0174. The van der Waals surface area contributed by atoms with Crippen molar-refractivity contribution in [3.05, 3.63) is 30.3 Å². The van der Waals surface area contributed by atoms with Crippen molar-refractivity contribution in [3.63, 3.8) is 0 Å². The molecule has 0 aliphatic carbocycles. The van der Waals surface area contributed by atoms with Gasteiger partial charge in [-0.2, -0.15) is 0 Å². The highest BCUT2D eigenvalue weighted by atomic mass is 16.2. The molecule has 0 radical (unpaired) electrons. The third kappa shape index (κ3) is 1.66. The Morgan fingerprint density at radius 1 is 1.25 bits per heavy atom. The average Bonchev–Trinajstić information content (AvgIpc) is 2.30. The number of para-hydroxylation sites is 1. The second kappa shape index (κ2) is 3.96. The number of amides is 3. The Hall–Kier alpha value is -1.84. The number of imide groups is 1. The lowest BCUT2D eigenvalue weighted by molar-refractivity contribution is -0.147. The van der Waals surface area contributed by atoms with Crippen molar-refractivity contribution in [1.82, 2.24) is 4.90 Å². The van der Waals surface area contributed by atoms with Crippen LogP contribution in [0.4, 0.5) is 10.5 Å². The van der Waals surface area contributed by atoms with Gasteiger partial charge in [0.05, 0.1) is 5.92 Å². The van der Waals surface area contributed by atoms with Crippen molar-refractivity contribution in [3.8, 4) is 0 Å². The third-order valence-electron chi connectivity index (χ3n) is 3.00. The van der Waals surface area contributed by atoms with Crippen LogP contribution in [0.15, 0.2) is 30.3 Å². The molecule has 1 aromatic carbocycles. The van der Waals surface area contributed by atoms with Gasteiger partial charge in [0.25, 0.3) is 0 Å². The second-order valence-electron chi connectivity index (χ2n) is 4.03. The monoisotopic (exact) mass is 218 g/mol. The van der Waals surface area contributed by atoms with E-state index in [9.17, 15) is 9.59 Å². The molecule has 4 heteroatoms. The molecular formula is C12H14N2O2. The quantitative estimate of drug-likeness (QED) is 0.734. The van der Waals surface area contributed by atoms with Gasteiger partial charge < -0.3 is 5.32 Å². The predicted molar refractivity (Wildman–Crippen MR) is 60.9 cm³/mol. The summed E-state index contributed by atoms with van der Waals surface area (Å²) in [6, 6.07) is 8.75. The molecule has 0 aromatic heterocycles. The van der Waals surface area contributed by atoms with Gasteiger partial charge in [0.1, 0.15) is 0 Å². The Morgan fingerprint density at radius 2 is 1.88 bits per heavy atom. The fourth-order valence-corrected chi connectivity index (χ4v) is 1.76. The van der Waals surface area contributed by atoms with Gasteiger partial charge in [-0.25, -0.2) is 4.79 Å². The Balaban J connectivity index is 2.02. The van der Waals surface area contributed by atoms with Gasteiger partial charge in [0, 0.05) is 11.7 Å². The number of rotatable bonds is 1. The molecule has 0 spiro atoms. The summed E-state index contributed by atoms with van der Waals surface area (Å²) in [4.78, 5) is 24.5. The van der Waals surface area contributed by atoms with Crippen LogP contribution >= 0.6 is 0 Å². The zero-order chi connectivity index (χ0) is 11.7. The molecule has 1 saturated heterocycles. The molecule has 84 valence electrons. The highest BCUT2D eigenvalue weighted by molar-refractivity contribution is 6.06. The first kappa shape index (κ1) is 10.7. The van der Waals surface area contributed by atoms with Crippen LogP contribution in [0.3, 0.4) is 0 Å². The first-order valence-electron chi connectivity index (χ1n) is 5.30. The maximum atomic E-state index is 11.8. The van der Waals surface area contributed by atoms with Gasteiger partial charge in [-0.1, -0.05) is 25.1 Å². The highest BCUT2D eigenvalue weighted by Crippen LogP contribution is 2.26. The lowest BCUT2D eigenvalue weighted by Crippen LogP contribution is -2.61. The highest BCUT2D eigenvalue weighted by Gasteiger charge is 2.44. The summed E-state index contributed by atoms with van der Waals surface area (Å²) in [6.45, 7) is 3.70. The fraction of sp³-hybridized carbons (Fsp3) is 0.333. The number of anilines is 1. The molecule has 0 bridgehead atoms. The van der Waals surface area contributed by atoms with E-state index >= 15 is 0 Å². The van der Waals surface area contributed by atoms with Crippen molar-refractivity contribution in [2.75, 3.05) is 5.32 Å². The summed E-state index contributed by atoms with van der Waals surface area (Å²) >= 11 is 0. The lowest BCUT2D eigenvalue weighted by Gasteiger charge is -2.41. The van der Waals surface area contributed by atoms with Crippen LogP contribution < -0.4 is 5.32 Å². The van der Waals surface area contributed by atoms with Crippen LogP contribution in [0.1, 0.15) is 13.8 Å². The van der Waals surface area contributed by atoms with E-state index in [2.05, 4.69) is 5.32 Å². The average molecular weight is 218 g/mol. The number of urea groups is 1. The zero-order valence-electron chi connectivity index (χ0n) is 9.31. The molecule has 0 saturated carbocycles. The van der Waals surface area contributed by atoms with E-state index in [1.165, 1.54) is 4.90 Å². The second-order valence-corrected chi connectivity index (χ2v) is 4.03. The standard InChI is InChI=1S/C12H14N2O2/c1-8-9(2)14(11(8)15)12(16)13-10-6-4-3-5-7-10/h3-9H,1-2H3,(H,13,16). The minimum atomic E-state index is -0.346. The van der Waals surface area contributed by atoms with Crippen molar-refractivity contribution in [1.29, 1.82) is 0 Å². The van der Waals surface area contributed by atoms with Crippen LogP contribution in [0.2, 0.25) is 0 Å². The Kier molecular flexibility index (Phi) is 2.64. The molecule has 1 fully saturated rings. The molecule has 16 heavy (non-hydrogen) atoms. The predicted octanol–water partition coefficient (Wildman–Crippen LogP) is 2.09. The smallest absolute Gasteiger partial charge is 0.307 e. The van der Waals surface area contributed by atoms with E-state index in [4.69, 9.17) is 0 Å². The van der Waals surface area contributed by atoms with Gasteiger partial charge in [0.2, 0.25) is 5.91 Å². The van der Waals surface area contributed by atoms with E-state index in [1.54, 1.807) is 12.1 Å². The molecule has 2 unspecified atom stereocenters. The van der Waals surface area contributed by atoms with Crippen molar-refractivity contribution >= 4 is 17.6 Å². The maximum absolute atomic E-state index is 11.8. The molecule has 2 atom stereocenters. The summed E-state index contributed by atoms with van der Waals surface area (Å²) < 4.78 is 0. The van der Waals surface area contributed by atoms with Crippen LogP contribution in [0.5, 0.6) is 0 Å². The largest absolute Gasteiger partial charge is 0.328 e. The first-order valence-corrected chi connectivity index (χ1v) is 5.30. The van der Waals surface area contributed by atoms with Gasteiger partial charge in [-0.15, -0.1) is 0 Å². The molecule has 1 aliphatic heterocycles. The summed E-state index contributed by atoms with van der Waals surface area (Å²) in [5, 5.41) is 2.69. The summed E-state index contributed by atoms with van der Waals surface area (Å²) in [7, 11) is 0. The molecule has 1 N–H and O–H groups in total. The molecular weight excluding hydrogens is 204 g/mol. The SMILES string of the molecule is CC1C(=O)N(C(=O)Nc2ccccc2)C1C. The van der Waals surface area contributed by atoms with Crippen LogP contribution in [-0.2, 0) is 4.79 Å². The van der Waals surface area contributed by atoms with Gasteiger partial charge in [0.15, 0.2) is 0 Å². The number of benzene rings is 1. The summed E-state index contributed by atoms with van der Waals surface area (Å²) in [5.74, 6) is -0.164.